The van der Waals surface area contributed by atoms with Crippen LogP contribution in [0.15, 0.2) is 30.0 Å². The lowest BCUT2D eigenvalue weighted by atomic mass is 9.83. The summed E-state index contributed by atoms with van der Waals surface area (Å²) in [4.78, 5) is 4.45. The zero-order valence-corrected chi connectivity index (χ0v) is 13.2. The van der Waals surface area contributed by atoms with Crippen LogP contribution in [0.3, 0.4) is 0 Å². The Hall–Kier alpha value is -1.15. The molecule has 0 unspecified atom stereocenters. The van der Waals surface area contributed by atoms with Crippen molar-refractivity contribution in [1.29, 1.82) is 0 Å². The predicted octanol–water partition coefficient (Wildman–Crippen LogP) is 4.43. The Morgan fingerprint density at radius 3 is 2.60 bits per heavy atom. The maximum absolute atomic E-state index is 4.45. The Balaban J connectivity index is 2.12. The highest BCUT2D eigenvalue weighted by Crippen LogP contribution is 2.30. The fourth-order valence-corrected chi connectivity index (χ4v) is 2.81. The molecule has 0 radical (unpaired) electrons. The molecule has 1 aromatic rings. The van der Waals surface area contributed by atoms with Gasteiger partial charge in [0.05, 0.1) is 5.69 Å². The number of pyridine rings is 1. The maximum Gasteiger partial charge on any atom is 0.0629 e. The van der Waals surface area contributed by atoms with Crippen LogP contribution in [-0.4, -0.2) is 17.1 Å². The van der Waals surface area contributed by atoms with E-state index in [0.717, 1.165) is 18.2 Å². The third-order valence-electron chi connectivity index (χ3n) is 3.97. The molecule has 2 heteroatoms. The van der Waals surface area contributed by atoms with Gasteiger partial charge in [-0.15, -0.1) is 0 Å². The fraction of sp³-hybridized carbons (Fsp3) is 0.611. The highest BCUT2D eigenvalue weighted by Gasteiger charge is 2.19. The quantitative estimate of drug-likeness (QED) is 0.877. The molecule has 1 heterocycles. The van der Waals surface area contributed by atoms with Crippen molar-refractivity contribution >= 4 is 6.08 Å². The van der Waals surface area contributed by atoms with Gasteiger partial charge in [-0.3, -0.25) is 4.98 Å². The van der Waals surface area contributed by atoms with Gasteiger partial charge in [0, 0.05) is 18.3 Å². The normalized spacial score (nSPS) is 18.2. The minimum atomic E-state index is 0.165. The molecule has 110 valence electrons. The van der Waals surface area contributed by atoms with Crippen LogP contribution in [0.2, 0.25) is 0 Å². The molecule has 1 aromatic heterocycles. The van der Waals surface area contributed by atoms with Gasteiger partial charge in [0.15, 0.2) is 0 Å². The van der Waals surface area contributed by atoms with Crippen LogP contribution in [0.5, 0.6) is 0 Å². The van der Waals surface area contributed by atoms with E-state index >= 15 is 0 Å². The van der Waals surface area contributed by atoms with E-state index < -0.39 is 0 Å². The van der Waals surface area contributed by atoms with E-state index in [4.69, 9.17) is 0 Å². The van der Waals surface area contributed by atoms with E-state index in [-0.39, 0.29) is 5.54 Å². The zero-order chi connectivity index (χ0) is 14.4. The number of hydrogen-bond acceptors (Lipinski definition) is 2. The average Bonchev–Trinajstić information content (AvgIpc) is 2.44. The molecule has 0 spiro atoms. The second-order valence-corrected chi connectivity index (χ2v) is 6.91. The Kier molecular flexibility index (Phi) is 5.36. The van der Waals surface area contributed by atoms with Crippen LogP contribution in [0.4, 0.5) is 0 Å². The molecule has 0 aliphatic heterocycles. The standard InChI is InChI=1S/C18H28N2/c1-18(2,3)20-14-16(15-9-5-4-6-10-15)13-17-11-7-8-12-19-17/h7-8,11-13,15,20H,4-6,9-10,14H2,1-3H3/b16-13-. The summed E-state index contributed by atoms with van der Waals surface area (Å²) in [7, 11) is 0. The summed E-state index contributed by atoms with van der Waals surface area (Å²) in [5, 5.41) is 3.64. The summed E-state index contributed by atoms with van der Waals surface area (Å²) in [6.45, 7) is 7.66. The molecule has 2 nitrogen and oxygen atoms in total. The van der Waals surface area contributed by atoms with E-state index in [1.165, 1.54) is 37.7 Å². The van der Waals surface area contributed by atoms with Gasteiger partial charge in [-0.1, -0.05) is 30.9 Å². The van der Waals surface area contributed by atoms with E-state index in [9.17, 15) is 0 Å². The lowest BCUT2D eigenvalue weighted by molar-refractivity contribution is 0.378. The van der Waals surface area contributed by atoms with Crippen molar-refractivity contribution in [2.75, 3.05) is 6.54 Å². The minimum Gasteiger partial charge on any atom is -0.308 e. The molecule has 2 rings (SSSR count). The lowest BCUT2D eigenvalue weighted by Crippen LogP contribution is -2.38. The van der Waals surface area contributed by atoms with Gasteiger partial charge < -0.3 is 5.32 Å². The van der Waals surface area contributed by atoms with Crippen molar-refractivity contribution in [3.8, 4) is 0 Å². The molecule has 0 bridgehead atoms. The molecular weight excluding hydrogens is 244 g/mol. The average molecular weight is 272 g/mol. The maximum atomic E-state index is 4.45. The molecule has 1 fully saturated rings. The second-order valence-electron chi connectivity index (χ2n) is 6.91. The van der Waals surface area contributed by atoms with Crippen molar-refractivity contribution in [2.45, 2.75) is 58.4 Å². The Bertz CT molecular complexity index is 422. The summed E-state index contributed by atoms with van der Waals surface area (Å²) >= 11 is 0. The molecule has 1 aliphatic carbocycles. The molecular formula is C18H28N2. The Labute approximate surface area is 123 Å². The van der Waals surface area contributed by atoms with Gasteiger partial charge in [-0.05, 0) is 57.7 Å². The monoisotopic (exact) mass is 272 g/mol. The van der Waals surface area contributed by atoms with E-state index in [2.05, 4.69) is 49.3 Å². The number of aromatic nitrogens is 1. The van der Waals surface area contributed by atoms with Gasteiger partial charge in [0.1, 0.15) is 0 Å². The molecule has 20 heavy (non-hydrogen) atoms. The van der Waals surface area contributed by atoms with Crippen LogP contribution in [-0.2, 0) is 0 Å². The van der Waals surface area contributed by atoms with Gasteiger partial charge in [-0.2, -0.15) is 0 Å². The predicted molar refractivity (Wildman–Crippen MR) is 86.5 cm³/mol. The first kappa shape index (κ1) is 15.2. The van der Waals surface area contributed by atoms with Crippen molar-refractivity contribution in [3.63, 3.8) is 0 Å². The number of rotatable bonds is 4. The van der Waals surface area contributed by atoms with E-state index in [0.29, 0.717) is 0 Å². The highest BCUT2D eigenvalue weighted by molar-refractivity contribution is 5.50. The third kappa shape index (κ3) is 5.09. The molecule has 0 aromatic carbocycles. The highest BCUT2D eigenvalue weighted by atomic mass is 14.9. The second kappa shape index (κ2) is 7.03. The first-order valence-corrected chi connectivity index (χ1v) is 7.91. The Morgan fingerprint density at radius 1 is 1.25 bits per heavy atom. The van der Waals surface area contributed by atoms with Gasteiger partial charge in [0.25, 0.3) is 0 Å². The topological polar surface area (TPSA) is 24.9 Å². The number of hydrogen-bond donors (Lipinski definition) is 1. The molecule has 0 saturated heterocycles. The van der Waals surface area contributed by atoms with Gasteiger partial charge in [0.2, 0.25) is 0 Å². The van der Waals surface area contributed by atoms with Crippen molar-refractivity contribution in [3.05, 3.63) is 35.7 Å². The third-order valence-corrected chi connectivity index (χ3v) is 3.97. The first-order chi connectivity index (χ1) is 9.54. The summed E-state index contributed by atoms with van der Waals surface area (Å²) < 4.78 is 0. The van der Waals surface area contributed by atoms with Crippen molar-refractivity contribution in [2.24, 2.45) is 5.92 Å². The van der Waals surface area contributed by atoms with E-state index in [1.54, 1.807) is 0 Å². The molecule has 0 atom stereocenters. The van der Waals surface area contributed by atoms with Gasteiger partial charge >= 0.3 is 0 Å². The number of nitrogens with zero attached hydrogens (tertiary/aromatic N) is 1. The number of nitrogens with one attached hydrogen (secondary N) is 1. The van der Waals surface area contributed by atoms with Crippen LogP contribution in [0, 0.1) is 5.92 Å². The van der Waals surface area contributed by atoms with Crippen LogP contribution >= 0.6 is 0 Å². The molecule has 0 amide bonds. The summed E-state index contributed by atoms with van der Waals surface area (Å²) in [6, 6.07) is 6.14. The van der Waals surface area contributed by atoms with Crippen LogP contribution in [0.25, 0.3) is 6.08 Å². The smallest absolute Gasteiger partial charge is 0.0629 e. The summed E-state index contributed by atoms with van der Waals surface area (Å²) in [5.41, 5.74) is 2.78. The lowest BCUT2D eigenvalue weighted by Gasteiger charge is -2.28. The summed E-state index contributed by atoms with van der Waals surface area (Å²) in [5.74, 6) is 0.737. The Morgan fingerprint density at radius 2 is 2.00 bits per heavy atom. The van der Waals surface area contributed by atoms with Crippen LogP contribution in [0.1, 0.15) is 58.6 Å². The van der Waals surface area contributed by atoms with E-state index in [1.807, 2.05) is 12.3 Å². The summed E-state index contributed by atoms with van der Waals surface area (Å²) in [6.07, 6.45) is 11.0. The molecule has 1 N–H and O–H groups in total. The first-order valence-electron chi connectivity index (χ1n) is 7.91. The SMILES string of the molecule is CC(C)(C)NC/C(=C/c1ccccn1)C1CCCCC1. The molecule has 1 saturated carbocycles. The largest absolute Gasteiger partial charge is 0.308 e. The molecule has 1 aliphatic rings. The van der Waals surface area contributed by atoms with Crippen molar-refractivity contribution in [1.82, 2.24) is 10.3 Å². The minimum absolute atomic E-state index is 0.165. The van der Waals surface area contributed by atoms with Gasteiger partial charge in [-0.25, -0.2) is 0 Å². The van der Waals surface area contributed by atoms with Crippen LogP contribution < -0.4 is 5.32 Å². The fourth-order valence-electron chi connectivity index (χ4n) is 2.81. The zero-order valence-electron chi connectivity index (χ0n) is 13.2. The van der Waals surface area contributed by atoms with Crippen molar-refractivity contribution < 1.29 is 0 Å².